The van der Waals surface area contributed by atoms with Gasteiger partial charge in [-0.05, 0) is 31.0 Å². The summed E-state index contributed by atoms with van der Waals surface area (Å²) in [5.74, 6) is 2.36. The van der Waals surface area contributed by atoms with Crippen LogP contribution in [0.3, 0.4) is 0 Å². The number of sulfone groups is 1. The fourth-order valence-corrected chi connectivity index (χ4v) is 4.44. The molecule has 2 heterocycles. The van der Waals surface area contributed by atoms with Gasteiger partial charge in [0.1, 0.15) is 11.6 Å². The number of anilines is 2. The molecule has 8 heteroatoms. The van der Waals surface area contributed by atoms with Gasteiger partial charge in [-0.15, -0.1) is 0 Å². The van der Waals surface area contributed by atoms with E-state index < -0.39 is 9.84 Å². The maximum atomic E-state index is 11.6. The molecule has 0 aliphatic carbocycles. The average molecular weight is 362 g/mol. The van der Waals surface area contributed by atoms with E-state index in [1.807, 2.05) is 37.3 Å². The van der Waals surface area contributed by atoms with Gasteiger partial charge in [-0.25, -0.2) is 13.4 Å². The molecule has 0 spiro atoms. The Morgan fingerprint density at radius 2 is 2.00 bits per heavy atom. The van der Waals surface area contributed by atoms with Crippen molar-refractivity contribution in [3.05, 3.63) is 41.6 Å². The van der Waals surface area contributed by atoms with Gasteiger partial charge in [-0.1, -0.05) is 12.1 Å². The van der Waals surface area contributed by atoms with Crippen molar-refractivity contribution in [1.29, 1.82) is 0 Å². The van der Waals surface area contributed by atoms with Crippen LogP contribution in [0, 0.1) is 6.92 Å². The molecule has 7 nitrogen and oxygen atoms in total. The normalized spacial score (nSPS) is 18.7. The summed E-state index contributed by atoms with van der Waals surface area (Å²) in [7, 11) is -1.28. The second-order valence-corrected chi connectivity index (χ2v) is 8.39. The van der Waals surface area contributed by atoms with E-state index in [0.717, 1.165) is 17.0 Å². The van der Waals surface area contributed by atoms with Gasteiger partial charge in [-0.3, -0.25) is 0 Å². The molecule has 134 valence electrons. The maximum absolute atomic E-state index is 11.6. The highest BCUT2D eigenvalue weighted by Gasteiger charge is 2.28. The largest absolute Gasteiger partial charge is 0.497 e. The quantitative estimate of drug-likeness (QED) is 0.812. The lowest BCUT2D eigenvalue weighted by Crippen LogP contribution is -2.21. The summed E-state index contributed by atoms with van der Waals surface area (Å²) in [6.45, 7) is 2.47. The number of ether oxygens (including phenoxy) is 1. The third-order valence-corrected chi connectivity index (χ3v) is 5.82. The topological polar surface area (TPSA) is 93.2 Å². The van der Waals surface area contributed by atoms with Gasteiger partial charge in [0.25, 0.3) is 0 Å². The van der Waals surface area contributed by atoms with E-state index in [1.54, 1.807) is 7.11 Å². The van der Waals surface area contributed by atoms with Crippen molar-refractivity contribution in [3.8, 4) is 5.75 Å². The lowest BCUT2D eigenvalue weighted by Gasteiger charge is -2.13. The molecule has 1 aliphatic rings. The van der Waals surface area contributed by atoms with Crippen LogP contribution in [0.2, 0.25) is 0 Å². The Labute approximate surface area is 147 Å². The molecule has 1 aromatic heterocycles. The van der Waals surface area contributed by atoms with Crippen LogP contribution in [0.4, 0.5) is 11.8 Å². The smallest absolute Gasteiger partial charge is 0.225 e. The lowest BCUT2D eigenvalue weighted by atomic mass is 10.2. The highest BCUT2D eigenvalue weighted by atomic mass is 32.2. The molecule has 25 heavy (non-hydrogen) atoms. The number of benzene rings is 1. The second-order valence-electron chi connectivity index (χ2n) is 6.16. The number of aromatic nitrogens is 2. The van der Waals surface area contributed by atoms with Crippen LogP contribution in [-0.2, 0) is 16.4 Å². The fourth-order valence-electron chi connectivity index (χ4n) is 2.76. The van der Waals surface area contributed by atoms with Crippen molar-refractivity contribution in [2.75, 3.05) is 29.2 Å². The first-order valence-corrected chi connectivity index (χ1v) is 9.95. The molecule has 2 aromatic rings. The van der Waals surface area contributed by atoms with Crippen molar-refractivity contribution in [1.82, 2.24) is 9.97 Å². The van der Waals surface area contributed by atoms with Crippen LogP contribution in [-0.4, -0.2) is 43.0 Å². The van der Waals surface area contributed by atoms with Gasteiger partial charge in [0.15, 0.2) is 9.84 Å². The molecule has 1 unspecified atom stereocenters. The number of aryl methyl sites for hydroxylation is 1. The zero-order chi connectivity index (χ0) is 17.9. The molecule has 0 saturated carbocycles. The van der Waals surface area contributed by atoms with Crippen LogP contribution in [0.25, 0.3) is 0 Å². The molecule has 0 bridgehead atoms. The molecule has 1 saturated heterocycles. The van der Waals surface area contributed by atoms with E-state index in [-0.39, 0.29) is 17.5 Å². The first kappa shape index (κ1) is 17.5. The van der Waals surface area contributed by atoms with E-state index in [1.165, 1.54) is 0 Å². The van der Waals surface area contributed by atoms with Crippen molar-refractivity contribution < 1.29 is 13.2 Å². The summed E-state index contributed by atoms with van der Waals surface area (Å²) in [5, 5.41) is 6.40. The molecule has 1 aromatic carbocycles. The summed E-state index contributed by atoms with van der Waals surface area (Å²) in [4.78, 5) is 8.82. The third-order valence-electron chi connectivity index (χ3n) is 4.05. The van der Waals surface area contributed by atoms with Gasteiger partial charge in [-0.2, -0.15) is 4.98 Å². The summed E-state index contributed by atoms with van der Waals surface area (Å²) in [5.41, 5.74) is 1.90. The minimum absolute atomic E-state index is 0.0891. The van der Waals surface area contributed by atoms with Crippen LogP contribution < -0.4 is 15.4 Å². The molecule has 1 fully saturated rings. The number of hydrogen-bond donors (Lipinski definition) is 2. The van der Waals surface area contributed by atoms with E-state index in [2.05, 4.69) is 20.6 Å². The molecular formula is C17H22N4O3S. The van der Waals surface area contributed by atoms with Gasteiger partial charge in [0.05, 0.1) is 18.6 Å². The number of methoxy groups -OCH3 is 1. The van der Waals surface area contributed by atoms with Crippen molar-refractivity contribution in [3.63, 3.8) is 0 Å². The Balaban J connectivity index is 1.64. The van der Waals surface area contributed by atoms with E-state index >= 15 is 0 Å². The highest BCUT2D eigenvalue weighted by Crippen LogP contribution is 2.18. The number of nitrogens with zero attached hydrogens (tertiary/aromatic N) is 2. The van der Waals surface area contributed by atoms with Gasteiger partial charge in [0.2, 0.25) is 5.95 Å². The van der Waals surface area contributed by atoms with Crippen molar-refractivity contribution in [2.24, 2.45) is 0 Å². The zero-order valence-corrected chi connectivity index (χ0v) is 15.1. The predicted molar refractivity (Wildman–Crippen MR) is 97.8 cm³/mol. The number of nitrogens with one attached hydrogen (secondary N) is 2. The van der Waals surface area contributed by atoms with Crippen LogP contribution in [0.1, 0.15) is 17.7 Å². The van der Waals surface area contributed by atoms with E-state index in [4.69, 9.17) is 4.74 Å². The van der Waals surface area contributed by atoms with Gasteiger partial charge < -0.3 is 15.4 Å². The SMILES string of the molecule is COc1ccc(CNc2nc(C)cc(NC3CCS(=O)(=O)C3)n2)cc1. The standard InChI is InChI=1S/C17H22N4O3S/c1-12-9-16(20-14-7-8-25(22,23)11-14)21-17(19-12)18-10-13-3-5-15(24-2)6-4-13/h3-6,9,14H,7-8,10-11H2,1-2H3,(H2,18,19,20,21). The van der Waals surface area contributed by atoms with Gasteiger partial charge >= 0.3 is 0 Å². The molecule has 0 radical (unpaired) electrons. The Morgan fingerprint density at radius 3 is 2.64 bits per heavy atom. The first-order valence-electron chi connectivity index (χ1n) is 8.13. The van der Waals surface area contributed by atoms with Gasteiger partial charge in [0, 0.05) is 24.3 Å². The average Bonchev–Trinajstić information content (AvgIpc) is 2.91. The molecule has 0 amide bonds. The Morgan fingerprint density at radius 1 is 1.24 bits per heavy atom. The molecule has 2 N–H and O–H groups in total. The predicted octanol–water partition coefficient (Wildman–Crippen LogP) is 2.00. The summed E-state index contributed by atoms with van der Waals surface area (Å²) < 4.78 is 28.3. The minimum Gasteiger partial charge on any atom is -0.497 e. The molecular weight excluding hydrogens is 340 g/mol. The highest BCUT2D eigenvalue weighted by molar-refractivity contribution is 7.91. The Bertz CT molecular complexity index is 837. The minimum atomic E-state index is -2.92. The van der Waals surface area contributed by atoms with E-state index in [9.17, 15) is 8.42 Å². The third kappa shape index (κ3) is 4.82. The maximum Gasteiger partial charge on any atom is 0.225 e. The number of hydrogen-bond acceptors (Lipinski definition) is 7. The van der Waals surface area contributed by atoms with Crippen molar-refractivity contribution in [2.45, 2.75) is 25.9 Å². The summed E-state index contributed by atoms with van der Waals surface area (Å²) in [6, 6.07) is 9.50. The number of rotatable bonds is 6. The Kier molecular flexibility index (Phi) is 5.08. The van der Waals surface area contributed by atoms with Crippen LogP contribution >= 0.6 is 0 Å². The van der Waals surface area contributed by atoms with E-state index in [0.29, 0.717) is 24.7 Å². The summed E-state index contributed by atoms with van der Waals surface area (Å²) >= 11 is 0. The first-order chi connectivity index (χ1) is 11.9. The monoisotopic (exact) mass is 362 g/mol. The van der Waals surface area contributed by atoms with Crippen molar-refractivity contribution >= 4 is 21.6 Å². The lowest BCUT2D eigenvalue weighted by molar-refractivity contribution is 0.414. The fraction of sp³-hybridized carbons (Fsp3) is 0.412. The molecule has 3 rings (SSSR count). The van der Waals surface area contributed by atoms with Crippen LogP contribution in [0.15, 0.2) is 30.3 Å². The zero-order valence-electron chi connectivity index (χ0n) is 14.3. The summed E-state index contributed by atoms with van der Waals surface area (Å²) in [6.07, 6.45) is 0.611. The Hall–Kier alpha value is -2.35. The molecule has 1 atom stereocenters. The second kappa shape index (κ2) is 7.26. The molecule has 1 aliphatic heterocycles. The van der Waals surface area contributed by atoms with Crippen LogP contribution in [0.5, 0.6) is 5.75 Å².